The van der Waals surface area contributed by atoms with Gasteiger partial charge in [-0.3, -0.25) is 9.59 Å². The third-order valence-corrected chi connectivity index (χ3v) is 5.70. The van der Waals surface area contributed by atoms with Crippen LogP contribution in [0.25, 0.3) is 21.8 Å². The third kappa shape index (κ3) is 4.10. The van der Waals surface area contributed by atoms with Crippen molar-refractivity contribution in [2.45, 2.75) is 40.3 Å². The minimum absolute atomic E-state index is 0.100. The largest absolute Gasteiger partial charge is 0.462 e. The summed E-state index contributed by atoms with van der Waals surface area (Å²) in [4.78, 5) is 29.9. The second-order valence-electron chi connectivity index (χ2n) is 7.82. The second kappa shape index (κ2) is 8.70. The smallest absolute Gasteiger partial charge is 0.326 e. The van der Waals surface area contributed by atoms with Crippen molar-refractivity contribution in [3.05, 3.63) is 74.4 Å². The van der Waals surface area contributed by atoms with Gasteiger partial charge in [-0.05, 0) is 52.0 Å². The number of fused-ring (bicyclic) bond motifs is 2. The van der Waals surface area contributed by atoms with E-state index >= 15 is 0 Å². The summed E-state index contributed by atoms with van der Waals surface area (Å²) in [6.07, 6.45) is 1.47. The predicted molar refractivity (Wildman–Crippen MR) is 129 cm³/mol. The van der Waals surface area contributed by atoms with Crippen molar-refractivity contribution < 1.29 is 9.53 Å². The first-order valence-corrected chi connectivity index (χ1v) is 11.1. The number of ether oxygens (including phenoxy) is 1. The zero-order valence-corrected chi connectivity index (χ0v) is 19.9. The van der Waals surface area contributed by atoms with Crippen molar-refractivity contribution in [2.75, 3.05) is 0 Å². The van der Waals surface area contributed by atoms with Crippen molar-refractivity contribution in [2.24, 2.45) is 5.10 Å². The fraction of sp³-hybridized carbons (Fsp3) is 0.250. The molecule has 0 amide bonds. The first kappa shape index (κ1) is 22.0. The lowest BCUT2D eigenvalue weighted by molar-refractivity contribution is -0.148. The molecule has 0 N–H and O–H groups in total. The summed E-state index contributed by atoms with van der Waals surface area (Å²) in [6.45, 7) is 7.43. The molecule has 0 atom stereocenters. The number of hydrogen-bond donors (Lipinski definition) is 0. The highest BCUT2D eigenvalue weighted by atomic mass is 79.9. The number of halogens is 1. The number of benzene rings is 2. The van der Waals surface area contributed by atoms with Crippen LogP contribution < -0.4 is 5.56 Å². The average Bonchev–Trinajstić information content (AvgIpc) is 2.99. The lowest BCUT2D eigenvalue weighted by Crippen LogP contribution is -2.20. The lowest BCUT2D eigenvalue weighted by atomic mass is 10.1. The minimum atomic E-state index is -0.302. The summed E-state index contributed by atoms with van der Waals surface area (Å²) < 4.78 is 9.34. The molecule has 0 bridgehead atoms. The van der Waals surface area contributed by atoms with E-state index in [2.05, 4.69) is 26.0 Å². The van der Waals surface area contributed by atoms with Gasteiger partial charge >= 0.3 is 5.97 Å². The molecule has 0 aliphatic heterocycles. The first-order chi connectivity index (χ1) is 15.3. The van der Waals surface area contributed by atoms with Crippen LogP contribution in [-0.4, -0.2) is 32.5 Å². The molecule has 7 nitrogen and oxygen atoms in total. The molecule has 4 aromatic rings. The number of hydrogen-bond acceptors (Lipinski definition) is 5. The molecule has 164 valence electrons. The predicted octanol–water partition coefficient (Wildman–Crippen LogP) is 4.56. The van der Waals surface area contributed by atoms with Crippen LogP contribution in [-0.2, 0) is 16.1 Å². The molecule has 8 heteroatoms. The van der Waals surface area contributed by atoms with Gasteiger partial charge in [-0.1, -0.05) is 34.1 Å². The minimum Gasteiger partial charge on any atom is -0.462 e. The van der Waals surface area contributed by atoms with E-state index in [0.29, 0.717) is 16.7 Å². The molecule has 0 unspecified atom stereocenters. The Balaban J connectivity index is 1.81. The Morgan fingerprint density at radius 3 is 2.69 bits per heavy atom. The molecule has 0 spiro atoms. The van der Waals surface area contributed by atoms with Crippen LogP contribution in [0.2, 0.25) is 0 Å². The molecule has 2 aromatic carbocycles. The topological polar surface area (TPSA) is 78.5 Å². The zero-order chi connectivity index (χ0) is 23.0. The van der Waals surface area contributed by atoms with E-state index in [1.165, 1.54) is 4.68 Å². The van der Waals surface area contributed by atoms with Crippen molar-refractivity contribution in [1.29, 1.82) is 0 Å². The number of carbonyl (C=O) groups excluding carboxylic acids is 1. The number of aromatic nitrogens is 3. The standard InChI is InChI=1S/C24H23BrN4O3/c1-14(2)32-23(30)13-28-15(3)20(18-7-5-6-8-22(18)28)12-26-29-16(4)27-21-10-9-17(25)11-19(21)24(29)31/h5-12,14H,13H2,1-4H3. The SMILES string of the molecule is Cc1nc2ccc(Br)cc2c(=O)n1N=Cc1c(C)n(CC(=O)OC(C)C)c2ccccc12. The summed E-state index contributed by atoms with van der Waals surface area (Å²) >= 11 is 3.40. The van der Waals surface area contributed by atoms with E-state index in [4.69, 9.17) is 4.74 Å². The van der Waals surface area contributed by atoms with Gasteiger partial charge in [-0.2, -0.15) is 9.78 Å². The monoisotopic (exact) mass is 494 g/mol. The average molecular weight is 495 g/mol. The summed E-state index contributed by atoms with van der Waals surface area (Å²) in [7, 11) is 0. The molecular formula is C24H23BrN4O3. The number of esters is 1. The van der Waals surface area contributed by atoms with Gasteiger partial charge in [-0.25, -0.2) is 4.98 Å². The van der Waals surface area contributed by atoms with Crippen LogP contribution >= 0.6 is 15.9 Å². The van der Waals surface area contributed by atoms with Crippen LogP contribution in [0.5, 0.6) is 0 Å². The Bertz CT molecular complexity index is 1430. The molecule has 0 saturated carbocycles. The van der Waals surface area contributed by atoms with Crippen molar-refractivity contribution >= 4 is 49.9 Å². The normalized spacial score (nSPS) is 11.8. The molecule has 0 aliphatic rings. The van der Waals surface area contributed by atoms with E-state index in [1.807, 2.05) is 55.7 Å². The number of rotatable bonds is 5. The lowest BCUT2D eigenvalue weighted by Gasteiger charge is -2.11. The zero-order valence-electron chi connectivity index (χ0n) is 18.3. The highest BCUT2D eigenvalue weighted by Gasteiger charge is 2.16. The van der Waals surface area contributed by atoms with E-state index in [-0.39, 0.29) is 24.2 Å². The van der Waals surface area contributed by atoms with Crippen LogP contribution in [0.15, 0.2) is 56.8 Å². The fourth-order valence-corrected chi connectivity index (χ4v) is 4.13. The fourth-order valence-electron chi connectivity index (χ4n) is 3.76. The first-order valence-electron chi connectivity index (χ1n) is 10.3. The number of nitrogens with zero attached hydrogens (tertiary/aromatic N) is 4. The van der Waals surface area contributed by atoms with Gasteiger partial charge in [0.15, 0.2) is 0 Å². The molecule has 4 rings (SSSR count). The van der Waals surface area contributed by atoms with Gasteiger partial charge < -0.3 is 9.30 Å². The maximum atomic E-state index is 13.0. The van der Waals surface area contributed by atoms with E-state index in [9.17, 15) is 9.59 Å². The highest BCUT2D eigenvalue weighted by molar-refractivity contribution is 9.10. The Morgan fingerprint density at radius 2 is 1.94 bits per heavy atom. The van der Waals surface area contributed by atoms with Gasteiger partial charge in [0.25, 0.3) is 5.56 Å². The van der Waals surface area contributed by atoms with Crippen molar-refractivity contribution in [1.82, 2.24) is 14.2 Å². The molecule has 2 aromatic heterocycles. The van der Waals surface area contributed by atoms with Gasteiger partial charge in [0.05, 0.1) is 23.2 Å². The third-order valence-electron chi connectivity index (χ3n) is 5.21. The Morgan fingerprint density at radius 1 is 1.19 bits per heavy atom. The summed E-state index contributed by atoms with van der Waals surface area (Å²) in [5.74, 6) is 0.187. The van der Waals surface area contributed by atoms with E-state index < -0.39 is 0 Å². The van der Waals surface area contributed by atoms with Crippen LogP contribution in [0, 0.1) is 13.8 Å². The summed E-state index contributed by atoms with van der Waals surface area (Å²) in [5.41, 5.74) is 2.97. The Kier molecular flexibility index (Phi) is 5.97. The molecular weight excluding hydrogens is 472 g/mol. The second-order valence-corrected chi connectivity index (χ2v) is 8.74. The summed E-state index contributed by atoms with van der Waals surface area (Å²) in [6, 6.07) is 13.2. The van der Waals surface area contributed by atoms with E-state index in [0.717, 1.165) is 26.6 Å². The Labute approximate surface area is 193 Å². The van der Waals surface area contributed by atoms with Gasteiger partial charge in [-0.15, -0.1) is 0 Å². The summed E-state index contributed by atoms with van der Waals surface area (Å²) in [5, 5.41) is 5.90. The van der Waals surface area contributed by atoms with Crippen molar-refractivity contribution in [3.63, 3.8) is 0 Å². The van der Waals surface area contributed by atoms with Gasteiger partial charge in [0.1, 0.15) is 12.4 Å². The van der Waals surface area contributed by atoms with Gasteiger partial charge in [0, 0.05) is 26.6 Å². The molecule has 0 radical (unpaired) electrons. The van der Waals surface area contributed by atoms with Crippen LogP contribution in [0.4, 0.5) is 0 Å². The maximum absolute atomic E-state index is 13.0. The highest BCUT2D eigenvalue weighted by Crippen LogP contribution is 2.25. The molecule has 0 fully saturated rings. The number of para-hydroxylation sites is 1. The van der Waals surface area contributed by atoms with E-state index in [1.54, 1.807) is 25.3 Å². The number of carbonyl (C=O) groups is 1. The quantitative estimate of drug-likeness (QED) is 0.300. The Hall–Kier alpha value is -3.26. The molecule has 32 heavy (non-hydrogen) atoms. The molecule has 0 saturated heterocycles. The maximum Gasteiger partial charge on any atom is 0.326 e. The molecule has 2 heterocycles. The van der Waals surface area contributed by atoms with Crippen LogP contribution in [0.1, 0.15) is 30.9 Å². The van der Waals surface area contributed by atoms with Crippen molar-refractivity contribution in [3.8, 4) is 0 Å². The van der Waals surface area contributed by atoms with Gasteiger partial charge in [0.2, 0.25) is 0 Å². The van der Waals surface area contributed by atoms with Crippen LogP contribution in [0.3, 0.4) is 0 Å². The molecule has 0 aliphatic carbocycles. The number of aryl methyl sites for hydroxylation is 1.